The highest BCUT2D eigenvalue weighted by Crippen LogP contribution is 2.32. The molecule has 1 saturated heterocycles. The third-order valence-corrected chi connectivity index (χ3v) is 6.01. The van der Waals surface area contributed by atoms with E-state index in [0.29, 0.717) is 0 Å². The van der Waals surface area contributed by atoms with E-state index in [9.17, 15) is 0 Å². The van der Waals surface area contributed by atoms with Gasteiger partial charge in [-0.05, 0) is 71.1 Å². The second kappa shape index (κ2) is 8.50. The van der Waals surface area contributed by atoms with Crippen LogP contribution >= 0.6 is 0 Å². The Hall–Kier alpha value is -0.120. The van der Waals surface area contributed by atoms with Gasteiger partial charge in [0.1, 0.15) is 0 Å². The Morgan fingerprint density at radius 1 is 1.14 bits per heavy atom. The molecule has 1 aliphatic heterocycles. The van der Waals surface area contributed by atoms with Gasteiger partial charge in [0.2, 0.25) is 0 Å². The van der Waals surface area contributed by atoms with Crippen molar-refractivity contribution < 1.29 is 0 Å². The lowest BCUT2D eigenvalue weighted by atomic mass is 9.76. The maximum absolute atomic E-state index is 3.58. The summed E-state index contributed by atoms with van der Waals surface area (Å²) in [5.41, 5.74) is 0. The zero-order valence-electron chi connectivity index (χ0n) is 14.8. The van der Waals surface area contributed by atoms with Gasteiger partial charge in [0.05, 0.1) is 0 Å². The first-order valence-corrected chi connectivity index (χ1v) is 9.27. The third-order valence-electron chi connectivity index (χ3n) is 6.01. The highest BCUT2D eigenvalue weighted by Gasteiger charge is 2.31. The second-order valence-electron chi connectivity index (χ2n) is 7.39. The van der Waals surface area contributed by atoms with E-state index in [1.165, 1.54) is 64.7 Å². The van der Waals surface area contributed by atoms with Crippen LogP contribution in [0.4, 0.5) is 0 Å². The lowest BCUT2D eigenvalue weighted by molar-refractivity contribution is 0.133. The van der Waals surface area contributed by atoms with Crippen molar-refractivity contribution in [2.24, 2.45) is 11.8 Å². The average molecular weight is 296 g/mol. The molecule has 2 fully saturated rings. The molecule has 1 saturated carbocycles. The summed E-state index contributed by atoms with van der Waals surface area (Å²) in [5, 5.41) is 3.58. The minimum atomic E-state index is 0.737. The summed E-state index contributed by atoms with van der Waals surface area (Å²) in [6.07, 6.45) is 8.38. The average Bonchev–Trinajstić information content (AvgIpc) is 2.94. The first-order valence-electron chi connectivity index (χ1n) is 9.27. The standard InChI is InChI=1S/C18H37N3/c1-5-15-9-10-18(19-3)16(12-15)13-20(4)14-17-8-7-11-21(17)6-2/h15-19H,5-14H2,1-4H3. The molecule has 0 aromatic carbocycles. The number of rotatable bonds is 7. The SMILES string of the molecule is CCC1CCC(NC)C(CN(C)CC2CCCN2CC)C1. The lowest BCUT2D eigenvalue weighted by Gasteiger charge is -2.39. The summed E-state index contributed by atoms with van der Waals surface area (Å²) in [4.78, 5) is 5.29. The molecule has 0 aromatic rings. The molecule has 1 aliphatic carbocycles. The number of likely N-dealkylation sites (tertiary alicyclic amines) is 1. The van der Waals surface area contributed by atoms with Gasteiger partial charge in [0.25, 0.3) is 0 Å². The van der Waals surface area contributed by atoms with Crippen LogP contribution in [0.2, 0.25) is 0 Å². The van der Waals surface area contributed by atoms with Gasteiger partial charge in [-0.2, -0.15) is 0 Å². The van der Waals surface area contributed by atoms with Gasteiger partial charge in [0.15, 0.2) is 0 Å². The first kappa shape index (κ1) is 17.2. The van der Waals surface area contributed by atoms with Gasteiger partial charge in [-0.15, -0.1) is 0 Å². The zero-order chi connectivity index (χ0) is 15.2. The van der Waals surface area contributed by atoms with Crippen molar-refractivity contribution in [3.63, 3.8) is 0 Å². The van der Waals surface area contributed by atoms with E-state index in [1.54, 1.807) is 0 Å². The van der Waals surface area contributed by atoms with Crippen molar-refractivity contribution in [2.75, 3.05) is 40.3 Å². The molecule has 2 aliphatic rings. The monoisotopic (exact) mass is 295 g/mol. The largest absolute Gasteiger partial charge is 0.317 e. The van der Waals surface area contributed by atoms with Gasteiger partial charge in [-0.3, -0.25) is 4.90 Å². The Labute approximate surface area is 132 Å². The molecule has 124 valence electrons. The number of hydrogen-bond acceptors (Lipinski definition) is 3. The van der Waals surface area contributed by atoms with Crippen LogP contribution in [0, 0.1) is 11.8 Å². The van der Waals surface area contributed by atoms with E-state index in [4.69, 9.17) is 0 Å². The first-order chi connectivity index (χ1) is 10.2. The zero-order valence-corrected chi connectivity index (χ0v) is 14.8. The number of nitrogens with zero attached hydrogens (tertiary/aromatic N) is 2. The van der Waals surface area contributed by atoms with E-state index < -0.39 is 0 Å². The molecule has 3 heteroatoms. The van der Waals surface area contributed by atoms with Crippen LogP contribution in [0.15, 0.2) is 0 Å². The fourth-order valence-corrected chi connectivity index (χ4v) is 4.67. The molecule has 0 bridgehead atoms. The maximum Gasteiger partial charge on any atom is 0.0223 e. The molecule has 0 aromatic heterocycles. The third kappa shape index (κ3) is 4.67. The lowest BCUT2D eigenvalue weighted by Crippen LogP contribution is -2.46. The van der Waals surface area contributed by atoms with Crippen molar-refractivity contribution in [1.82, 2.24) is 15.1 Å². The van der Waals surface area contributed by atoms with Crippen LogP contribution in [-0.4, -0.2) is 62.2 Å². The van der Waals surface area contributed by atoms with E-state index in [0.717, 1.165) is 23.9 Å². The molecule has 2 rings (SSSR count). The second-order valence-corrected chi connectivity index (χ2v) is 7.39. The van der Waals surface area contributed by atoms with E-state index >= 15 is 0 Å². The van der Waals surface area contributed by atoms with E-state index in [-0.39, 0.29) is 0 Å². The van der Waals surface area contributed by atoms with Crippen LogP contribution in [0.5, 0.6) is 0 Å². The van der Waals surface area contributed by atoms with Crippen LogP contribution in [0.3, 0.4) is 0 Å². The molecule has 4 atom stereocenters. The Kier molecular flexibility index (Phi) is 6.97. The van der Waals surface area contributed by atoms with E-state index in [1.807, 2.05) is 0 Å². The molecular weight excluding hydrogens is 258 g/mol. The quantitative estimate of drug-likeness (QED) is 0.779. The molecule has 0 radical (unpaired) electrons. The predicted molar refractivity (Wildman–Crippen MR) is 91.7 cm³/mol. The van der Waals surface area contributed by atoms with Gasteiger partial charge < -0.3 is 10.2 Å². The van der Waals surface area contributed by atoms with Crippen molar-refractivity contribution in [3.05, 3.63) is 0 Å². The van der Waals surface area contributed by atoms with Crippen LogP contribution < -0.4 is 5.32 Å². The summed E-state index contributed by atoms with van der Waals surface area (Å²) in [6, 6.07) is 1.54. The van der Waals surface area contributed by atoms with Gasteiger partial charge in [0, 0.05) is 25.2 Å². The van der Waals surface area contributed by atoms with Crippen LogP contribution in [0.1, 0.15) is 52.4 Å². The topological polar surface area (TPSA) is 18.5 Å². The minimum Gasteiger partial charge on any atom is -0.317 e. The molecule has 0 amide bonds. The Bertz CT molecular complexity index is 294. The Morgan fingerprint density at radius 2 is 1.95 bits per heavy atom. The van der Waals surface area contributed by atoms with Gasteiger partial charge >= 0.3 is 0 Å². The fourth-order valence-electron chi connectivity index (χ4n) is 4.67. The Morgan fingerprint density at radius 3 is 2.62 bits per heavy atom. The molecule has 21 heavy (non-hydrogen) atoms. The number of hydrogen-bond donors (Lipinski definition) is 1. The molecule has 1 N–H and O–H groups in total. The van der Waals surface area contributed by atoms with Crippen LogP contribution in [0.25, 0.3) is 0 Å². The summed E-state index contributed by atoms with van der Waals surface area (Å²) >= 11 is 0. The van der Waals surface area contributed by atoms with E-state index in [2.05, 4.69) is 43.1 Å². The summed E-state index contributed by atoms with van der Waals surface area (Å²) in [6.45, 7) is 9.74. The summed E-state index contributed by atoms with van der Waals surface area (Å²) in [5.74, 6) is 1.81. The van der Waals surface area contributed by atoms with Crippen molar-refractivity contribution in [1.29, 1.82) is 0 Å². The number of likely N-dealkylation sites (N-methyl/N-ethyl adjacent to an activating group) is 2. The van der Waals surface area contributed by atoms with Crippen molar-refractivity contribution in [3.8, 4) is 0 Å². The highest BCUT2D eigenvalue weighted by atomic mass is 15.2. The fraction of sp³-hybridized carbons (Fsp3) is 1.00. The van der Waals surface area contributed by atoms with Crippen molar-refractivity contribution in [2.45, 2.75) is 64.5 Å². The molecular formula is C18H37N3. The maximum atomic E-state index is 3.58. The molecule has 3 nitrogen and oxygen atoms in total. The molecule has 1 heterocycles. The highest BCUT2D eigenvalue weighted by molar-refractivity contribution is 4.87. The number of nitrogens with one attached hydrogen (secondary N) is 1. The van der Waals surface area contributed by atoms with Gasteiger partial charge in [-0.1, -0.05) is 20.3 Å². The molecule has 4 unspecified atom stereocenters. The Balaban J connectivity index is 1.83. The minimum absolute atomic E-state index is 0.737. The van der Waals surface area contributed by atoms with Crippen LogP contribution in [-0.2, 0) is 0 Å². The van der Waals surface area contributed by atoms with Gasteiger partial charge in [-0.25, -0.2) is 0 Å². The normalized spacial score (nSPS) is 34.7. The predicted octanol–water partition coefficient (Wildman–Crippen LogP) is 2.82. The van der Waals surface area contributed by atoms with Crippen molar-refractivity contribution >= 4 is 0 Å². The molecule has 0 spiro atoms. The summed E-state index contributed by atoms with van der Waals surface area (Å²) in [7, 11) is 4.49. The smallest absolute Gasteiger partial charge is 0.0223 e. The summed E-state index contributed by atoms with van der Waals surface area (Å²) < 4.78 is 0.